The molecule has 98 valence electrons. The van der Waals surface area contributed by atoms with Crippen LogP contribution in [0.5, 0.6) is 0 Å². The lowest BCUT2D eigenvalue weighted by molar-refractivity contribution is -0.127. The third-order valence-electron chi connectivity index (χ3n) is 3.44. The number of hydrogen-bond donors (Lipinski definition) is 1. The van der Waals surface area contributed by atoms with E-state index >= 15 is 0 Å². The third kappa shape index (κ3) is 5.35. The van der Waals surface area contributed by atoms with E-state index in [1.807, 2.05) is 4.90 Å². The number of nitrogens with zero attached hydrogens (tertiary/aromatic N) is 1. The Balaban J connectivity index is 2.25. The van der Waals surface area contributed by atoms with E-state index in [1.165, 1.54) is 25.0 Å². The van der Waals surface area contributed by atoms with Crippen molar-refractivity contribution in [2.45, 2.75) is 39.5 Å². The minimum atomic E-state index is -0.0589. The van der Waals surface area contributed by atoms with Crippen molar-refractivity contribution in [1.29, 1.82) is 0 Å². The van der Waals surface area contributed by atoms with Crippen molar-refractivity contribution in [3.63, 3.8) is 0 Å². The van der Waals surface area contributed by atoms with Gasteiger partial charge >= 0.3 is 0 Å². The number of aliphatic hydroxyl groups is 1. The second kappa shape index (κ2) is 7.49. The van der Waals surface area contributed by atoms with E-state index in [0.29, 0.717) is 0 Å². The molecule has 1 rings (SSSR count). The van der Waals surface area contributed by atoms with Gasteiger partial charge in [-0.3, -0.25) is 4.79 Å². The first-order valence-corrected chi connectivity index (χ1v) is 6.69. The van der Waals surface area contributed by atoms with Crippen molar-refractivity contribution in [2.75, 3.05) is 19.7 Å². The van der Waals surface area contributed by atoms with Crippen molar-refractivity contribution >= 4 is 5.91 Å². The lowest BCUT2D eigenvalue weighted by Crippen LogP contribution is -2.37. The highest BCUT2D eigenvalue weighted by Crippen LogP contribution is 2.23. The van der Waals surface area contributed by atoms with E-state index in [1.54, 1.807) is 0 Å². The largest absolute Gasteiger partial charge is 0.392 e. The molecule has 1 saturated heterocycles. The van der Waals surface area contributed by atoms with Crippen molar-refractivity contribution in [2.24, 2.45) is 11.8 Å². The molecule has 1 amide bonds. The van der Waals surface area contributed by atoms with Crippen LogP contribution in [0.2, 0.25) is 0 Å². The Labute approximate surface area is 105 Å². The zero-order valence-corrected chi connectivity index (χ0v) is 11.1. The van der Waals surface area contributed by atoms with Gasteiger partial charge in [0.1, 0.15) is 0 Å². The van der Waals surface area contributed by atoms with Crippen molar-refractivity contribution in [3.8, 4) is 0 Å². The molecule has 1 aliphatic heterocycles. The van der Waals surface area contributed by atoms with Gasteiger partial charge in [0.2, 0.25) is 5.91 Å². The summed E-state index contributed by atoms with van der Waals surface area (Å²) in [6.07, 6.45) is 7.84. The van der Waals surface area contributed by atoms with Gasteiger partial charge in [0.05, 0.1) is 6.61 Å². The summed E-state index contributed by atoms with van der Waals surface area (Å²) in [5.41, 5.74) is 0. The van der Waals surface area contributed by atoms with E-state index < -0.39 is 0 Å². The van der Waals surface area contributed by atoms with Crippen molar-refractivity contribution < 1.29 is 9.90 Å². The first-order chi connectivity index (χ1) is 8.13. The first kappa shape index (κ1) is 14.2. The van der Waals surface area contributed by atoms with Gasteiger partial charge in [0.15, 0.2) is 0 Å². The van der Waals surface area contributed by atoms with Crippen LogP contribution in [-0.2, 0) is 4.79 Å². The molecule has 1 N–H and O–H groups in total. The van der Waals surface area contributed by atoms with Crippen molar-refractivity contribution in [1.82, 2.24) is 4.90 Å². The van der Waals surface area contributed by atoms with Gasteiger partial charge in [0, 0.05) is 19.2 Å². The van der Waals surface area contributed by atoms with Gasteiger partial charge in [-0.15, -0.1) is 0 Å². The summed E-state index contributed by atoms with van der Waals surface area (Å²) in [6.45, 7) is 6.21. The van der Waals surface area contributed by atoms with Crippen LogP contribution in [0.3, 0.4) is 0 Å². The summed E-state index contributed by atoms with van der Waals surface area (Å²) < 4.78 is 0. The molecule has 1 heterocycles. The predicted octanol–water partition coefficient (Wildman–Crippen LogP) is 2.21. The monoisotopic (exact) mass is 239 g/mol. The molecule has 0 aromatic heterocycles. The van der Waals surface area contributed by atoms with E-state index in [-0.39, 0.29) is 12.5 Å². The van der Waals surface area contributed by atoms with Crippen LogP contribution >= 0.6 is 0 Å². The number of amides is 1. The van der Waals surface area contributed by atoms with Crippen LogP contribution in [0.15, 0.2) is 12.2 Å². The molecule has 0 spiro atoms. The highest BCUT2D eigenvalue weighted by Gasteiger charge is 2.21. The Bertz CT molecular complexity index is 253. The van der Waals surface area contributed by atoms with Gasteiger partial charge < -0.3 is 10.0 Å². The number of aliphatic hydroxyl groups excluding tert-OH is 1. The fraction of sp³-hybridized carbons (Fsp3) is 0.786. The predicted molar refractivity (Wildman–Crippen MR) is 69.6 cm³/mol. The summed E-state index contributed by atoms with van der Waals surface area (Å²) in [5, 5.41) is 8.62. The normalized spacial score (nSPS) is 18.2. The van der Waals surface area contributed by atoms with Crippen LogP contribution in [0, 0.1) is 11.8 Å². The van der Waals surface area contributed by atoms with Crippen LogP contribution in [0.4, 0.5) is 0 Å². The smallest absolute Gasteiger partial charge is 0.246 e. The maximum atomic E-state index is 11.7. The zero-order valence-electron chi connectivity index (χ0n) is 11.1. The topological polar surface area (TPSA) is 40.5 Å². The standard InChI is InChI=1S/C14H25NO2/c1-12(2)5-6-13-7-9-15(10-8-13)14(17)4-3-11-16/h3-4,12-13,16H,5-11H2,1-2H3. The molecule has 0 aliphatic carbocycles. The zero-order chi connectivity index (χ0) is 12.7. The summed E-state index contributed by atoms with van der Waals surface area (Å²) in [7, 11) is 0. The van der Waals surface area contributed by atoms with Crippen molar-refractivity contribution in [3.05, 3.63) is 12.2 Å². The molecule has 0 radical (unpaired) electrons. The lowest BCUT2D eigenvalue weighted by Gasteiger charge is -2.31. The molecular weight excluding hydrogens is 214 g/mol. The Morgan fingerprint density at radius 1 is 1.41 bits per heavy atom. The van der Waals surface area contributed by atoms with E-state index in [2.05, 4.69) is 13.8 Å². The third-order valence-corrected chi connectivity index (χ3v) is 3.44. The minimum Gasteiger partial charge on any atom is -0.392 e. The average molecular weight is 239 g/mol. The number of carbonyl (C=O) groups is 1. The number of carbonyl (C=O) groups excluding carboxylic acids is 1. The molecule has 0 aromatic carbocycles. The molecule has 0 aromatic rings. The van der Waals surface area contributed by atoms with E-state index in [9.17, 15) is 4.79 Å². The van der Waals surface area contributed by atoms with Crippen LogP contribution in [0.1, 0.15) is 39.5 Å². The Morgan fingerprint density at radius 3 is 2.59 bits per heavy atom. The van der Waals surface area contributed by atoms with Gasteiger partial charge in [0.25, 0.3) is 0 Å². The molecule has 3 heteroatoms. The van der Waals surface area contributed by atoms with Gasteiger partial charge in [-0.2, -0.15) is 0 Å². The maximum Gasteiger partial charge on any atom is 0.246 e. The van der Waals surface area contributed by atoms with Crippen LogP contribution < -0.4 is 0 Å². The summed E-state index contributed by atoms with van der Waals surface area (Å²) in [4.78, 5) is 13.5. The Hall–Kier alpha value is -0.830. The molecule has 0 saturated carbocycles. The highest BCUT2D eigenvalue weighted by atomic mass is 16.2. The molecule has 3 nitrogen and oxygen atoms in total. The Morgan fingerprint density at radius 2 is 2.06 bits per heavy atom. The van der Waals surface area contributed by atoms with Crippen LogP contribution in [-0.4, -0.2) is 35.6 Å². The molecular formula is C14H25NO2. The molecule has 1 fully saturated rings. The first-order valence-electron chi connectivity index (χ1n) is 6.69. The average Bonchev–Trinajstić information content (AvgIpc) is 2.34. The van der Waals surface area contributed by atoms with Gasteiger partial charge in [-0.05, 0) is 24.7 Å². The molecule has 17 heavy (non-hydrogen) atoms. The quantitative estimate of drug-likeness (QED) is 0.747. The fourth-order valence-electron chi connectivity index (χ4n) is 2.27. The number of hydrogen-bond acceptors (Lipinski definition) is 2. The second-order valence-corrected chi connectivity index (χ2v) is 5.32. The molecule has 0 atom stereocenters. The number of rotatable bonds is 5. The number of likely N-dealkylation sites (tertiary alicyclic amines) is 1. The fourth-order valence-corrected chi connectivity index (χ4v) is 2.27. The second-order valence-electron chi connectivity index (χ2n) is 5.32. The summed E-state index contributed by atoms with van der Waals surface area (Å²) in [5.74, 6) is 1.62. The Kier molecular flexibility index (Phi) is 6.27. The van der Waals surface area contributed by atoms with E-state index in [4.69, 9.17) is 5.11 Å². The summed E-state index contributed by atoms with van der Waals surface area (Å²) in [6, 6.07) is 0. The molecule has 0 unspecified atom stereocenters. The number of piperidine rings is 1. The van der Waals surface area contributed by atoms with E-state index in [0.717, 1.165) is 37.8 Å². The maximum absolute atomic E-state index is 11.7. The minimum absolute atomic E-state index is 0.0429. The highest BCUT2D eigenvalue weighted by molar-refractivity contribution is 5.87. The van der Waals surface area contributed by atoms with Gasteiger partial charge in [-0.1, -0.05) is 32.8 Å². The lowest BCUT2D eigenvalue weighted by atomic mass is 9.89. The SMILES string of the molecule is CC(C)CCC1CCN(C(=O)C=CCO)CC1. The van der Waals surface area contributed by atoms with Crippen LogP contribution in [0.25, 0.3) is 0 Å². The van der Waals surface area contributed by atoms with Gasteiger partial charge in [-0.25, -0.2) is 0 Å². The molecule has 0 bridgehead atoms. The summed E-state index contributed by atoms with van der Waals surface area (Å²) >= 11 is 0. The molecule has 1 aliphatic rings.